The molecular weight excluding hydrogens is 561 g/mol. The summed E-state index contributed by atoms with van der Waals surface area (Å²) in [5.74, 6) is 0. The van der Waals surface area contributed by atoms with Gasteiger partial charge in [0.05, 0.1) is 0 Å². The van der Waals surface area contributed by atoms with Crippen LogP contribution in [-0.4, -0.2) is 39.4 Å². The Labute approximate surface area is 172 Å². The third-order valence-corrected chi connectivity index (χ3v) is 27.3. The number of carbonyl (C=O) groups is 2. The van der Waals surface area contributed by atoms with Gasteiger partial charge in [0, 0.05) is 0 Å². The van der Waals surface area contributed by atoms with Gasteiger partial charge in [-0.15, -0.1) is 0 Å². The quantitative estimate of drug-likeness (QED) is 0.398. The summed E-state index contributed by atoms with van der Waals surface area (Å²) in [5.41, 5.74) is 0. The maximum absolute atomic E-state index is 14.1. The average molecular weight is 586 g/mol. The molecule has 4 nitrogen and oxygen atoms in total. The van der Waals surface area contributed by atoms with E-state index in [9.17, 15) is 9.59 Å². The van der Waals surface area contributed by atoms with E-state index in [1.165, 1.54) is 0 Å². The van der Waals surface area contributed by atoms with Crippen LogP contribution in [0.2, 0.25) is 0 Å². The molecule has 0 saturated carbocycles. The molecule has 0 heterocycles. The van der Waals surface area contributed by atoms with Crippen molar-refractivity contribution < 1.29 is 19.1 Å². The maximum atomic E-state index is 14.1. The Morgan fingerprint density at radius 3 is 1.10 bits per heavy atom. The molecule has 0 amide bonds. The van der Waals surface area contributed by atoms with Crippen LogP contribution in [0, 0.1) is 0 Å². The summed E-state index contributed by atoms with van der Waals surface area (Å²) < 4.78 is 12.5. The van der Waals surface area contributed by atoms with E-state index >= 15 is 0 Å². The van der Waals surface area contributed by atoms with Crippen LogP contribution >= 0.6 is 0 Å². The second-order valence-electron chi connectivity index (χ2n) is 6.52. The fourth-order valence-electron chi connectivity index (χ4n) is 3.84. The van der Waals surface area contributed by atoms with Gasteiger partial charge in [-0.1, -0.05) is 0 Å². The van der Waals surface area contributed by atoms with Crippen LogP contribution in [0.1, 0.15) is 13.8 Å². The predicted octanol–water partition coefficient (Wildman–Crippen LogP) is 3.59. The van der Waals surface area contributed by atoms with Gasteiger partial charge in [0.25, 0.3) is 0 Å². The van der Waals surface area contributed by atoms with Gasteiger partial charge in [-0.25, -0.2) is 0 Å². The molecule has 3 rings (SSSR count). The van der Waals surface area contributed by atoms with Gasteiger partial charge in [-0.2, -0.15) is 0 Å². The molecule has 0 radical (unpaired) electrons. The SMILES string of the molecule is CCO[C](=O)[Bi]([C](=O)OCC)([c]1ccccc1)([c]1ccccc1)[c]1ccccc1. The van der Waals surface area contributed by atoms with E-state index in [-0.39, 0.29) is 13.2 Å². The first kappa shape index (κ1) is 21.2. The van der Waals surface area contributed by atoms with Crippen molar-refractivity contribution in [1.82, 2.24) is 0 Å². The van der Waals surface area contributed by atoms with Crippen LogP contribution < -0.4 is 9.81 Å². The number of hydrogen-bond acceptors (Lipinski definition) is 4. The Morgan fingerprint density at radius 2 is 0.862 bits per heavy atom. The van der Waals surface area contributed by atoms with Crippen LogP contribution in [0.15, 0.2) is 91.0 Å². The molecular formula is C24H25BiO4. The molecule has 3 aromatic carbocycles. The molecule has 0 saturated heterocycles. The van der Waals surface area contributed by atoms with E-state index in [1.54, 1.807) is 13.8 Å². The zero-order chi connectivity index (χ0) is 20.8. The molecule has 0 N–H and O–H groups in total. The zero-order valence-corrected chi connectivity index (χ0v) is 20.1. The van der Waals surface area contributed by atoms with Gasteiger partial charge in [0.1, 0.15) is 0 Å². The summed E-state index contributed by atoms with van der Waals surface area (Å²) in [7, 11) is 0. The Morgan fingerprint density at radius 1 is 0.586 bits per heavy atom. The molecule has 0 aromatic heterocycles. The zero-order valence-electron chi connectivity index (χ0n) is 16.7. The van der Waals surface area contributed by atoms with E-state index < -0.39 is 26.1 Å². The van der Waals surface area contributed by atoms with Crippen molar-refractivity contribution in [1.29, 1.82) is 0 Å². The number of hydrogen-bond donors (Lipinski definition) is 0. The number of ether oxygens (including phenoxy) is 2. The molecule has 0 bridgehead atoms. The third kappa shape index (κ3) is 3.09. The fourth-order valence-corrected chi connectivity index (χ4v) is 24.8. The van der Waals surface area contributed by atoms with Gasteiger partial charge >= 0.3 is 173 Å². The standard InChI is InChI=1S/3C6H5.2C3H5O2.Bi/c3*1-2-4-6-5-3-1;2*1-2-5-3-4;/h3*1-5H;2*2H2,1H3;. The van der Waals surface area contributed by atoms with Crippen LogP contribution in [-0.2, 0) is 9.47 Å². The molecule has 0 unspecified atom stereocenters. The third-order valence-electron chi connectivity index (χ3n) is 5.08. The Bertz CT molecular complexity index is 850. The first-order valence-electron chi connectivity index (χ1n) is 9.66. The van der Waals surface area contributed by atoms with Crippen molar-refractivity contribution in [3.63, 3.8) is 0 Å². The molecule has 0 aliphatic rings. The van der Waals surface area contributed by atoms with Gasteiger partial charge in [-0.3, -0.25) is 0 Å². The average Bonchev–Trinajstić information content (AvgIpc) is 2.77. The molecule has 150 valence electrons. The normalized spacial score (nSPS) is 12.4. The van der Waals surface area contributed by atoms with E-state index in [4.69, 9.17) is 9.47 Å². The van der Waals surface area contributed by atoms with Crippen molar-refractivity contribution in [2.75, 3.05) is 13.2 Å². The minimum atomic E-state index is -5.82. The van der Waals surface area contributed by atoms with Crippen molar-refractivity contribution >= 4 is 36.0 Å². The molecule has 29 heavy (non-hydrogen) atoms. The van der Waals surface area contributed by atoms with E-state index in [1.807, 2.05) is 91.0 Å². The molecule has 0 aliphatic carbocycles. The van der Waals surface area contributed by atoms with Crippen LogP contribution in [0.3, 0.4) is 0 Å². The van der Waals surface area contributed by atoms with Crippen LogP contribution in [0.4, 0.5) is 9.59 Å². The van der Waals surface area contributed by atoms with Crippen LogP contribution in [0.5, 0.6) is 0 Å². The van der Waals surface area contributed by atoms with Gasteiger partial charge < -0.3 is 0 Å². The minimum absolute atomic E-state index is 0.176. The summed E-state index contributed by atoms with van der Waals surface area (Å²) >= 11 is -5.82. The Hall–Kier alpha value is -2.52. The number of rotatable bonds is 7. The second kappa shape index (κ2) is 8.88. The monoisotopic (exact) mass is 586 g/mol. The van der Waals surface area contributed by atoms with Crippen molar-refractivity contribution in [3.05, 3.63) is 91.0 Å². The fraction of sp³-hybridized carbons (Fsp3) is 0.167. The number of benzene rings is 3. The molecule has 0 spiro atoms. The topological polar surface area (TPSA) is 52.6 Å². The van der Waals surface area contributed by atoms with Gasteiger partial charge in [-0.05, 0) is 0 Å². The molecule has 5 heteroatoms. The van der Waals surface area contributed by atoms with Crippen molar-refractivity contribution in [2.24, 2.45) is 0 Å². The first-order valence-corrected chi connectivity index (χ1v) is 18.4. The molecule has 3 aromatic rings. The van der Waals surface area contributed by atoms with Crippen LogP contribution in [0.25, 0.3) is 0 Å². The summed E-state index contributed by atoms with van der Waals surface area (Å²) in [4.78, 5) is 28.2. The van der Waals surface area contributed by atoms with E-state index in [0.717, 1.165) is 0 Å². The van der Waals surface area contributed by atoms with Crippen molar-refractivity contribution in [2.45, 2.75) is 13.8 Å². The Kier molecular flexibility index (Phi) is 6.49. The summed E-state index contributed by atoms with van der Waals surface area (Å²) in [5, 5.41) is 0. The molecule has 0 atom stereocenters. The summed E-state index contributed by atoms with van der Waals surface area (Å²) in [6, 6.07) is 27.9. The van der Waals surface area contributed by atoms with Gasteiger partial charge in [0.15, 0.2) is 0 Å². The summed E-state index contributed by atoms with van der Waals surface area (Å²) in [6.07, 6.45) is 0. The van der Waals surface area contributed by atoms with Gasteiger partial charge in [0.2, 0.25) is 0 Å². The Balaban J connectivity index is 2.62. The van der Waals surface area contributed by atoms with E-state index in [2.05, 4.69) is 0 Å². The predicted molar refractivity (Wildman–Crippen MR) is 118 cm³/mol. The van der Waals surface area contributed by atoms with E-state index in [0.29, 0.717) is 9.81 Å². The molecule has 0 aliphatic heterocycles. The number of carbonyl (C=O) groups excluding carboxylic acids is 2. The second-order valence-corrected chi connectivity index (χ2v) is 24.1. The first-order chi connectivity index (χ1) is 14.1. The summed E-state index contributed by atoms with van der Waals surface area (Å²) in [6.45, 7) is 3.87. The van der Waals surface area contributed by atoms with Crippen molar-refractivity contribution in [3.8, 4) is 0 Å². The molecule has 0 fully saturated rings.